The Morgan fingerprint density at radius 1 is 1.19 bits per heavy atom. The summed E-state index contributed by atoms with van der Waals surface area (Å²) in [6, 6.07) is 12.9. The number of hydrogen-bond donors (Lipinski definition) is 0. The van der Waals surface area contributed by atoms with Gasteiger partial charge in [-0.1, -0.05) is 18.2 Å². The molecule has 0 radical (unpaired) electrons. The van der Waals surface area contributed by atoms with Gasteiger partial charge in [0.05, 0.1) is 0 Å². The molecular weight excluding hydrogens is 343 g/mol. The maximum atomic E-state index is 13.8. The molecule has 6 heteroatoms. The van der Waals surface area contributed by atoms with Gasteiger partial charge in [0.15, 0.2) is 0 Å². The first-order chi connectivity index (χ1) is 13.1. The van der Waals surface area contributed by atoms with Gasteiger partial charge in [-0.05, 0) is 61.1 Å². The molecule has 0 N–H and O–H groups in total. The minimum absolute atomic E-state index is 0.0301. The number of benzene rings is 2. The molecule has 1 saturated heterocycles. The normalized spacial score (nSPS) is 16.7. The van der Waals surface area contributed by atoms with E-state index in [4.69, 9.17) is 0 Å². The van der Waals surface area contributed by atoms with Crippen molar-refractivity contribution in [3.63, 3.8) is 0 Å². The number of likely N-dealkylation sites (tertiary alicyclic amines) is 1. The van der Waals surface area contributed by atoms with Crippen LogP contribution in [0.2, 0.25) is 0 Å². The average molecular weight is 364 g/mol. The molecule has 1 fully saturated rings. The SMILES string of the molecule is Cc1ccc(CC2CCN(C(=O)c3cccc(-n4cnnc4)c3)C2)cc1F. The summed E-state index contributed by atoms with van der Waals surface area (Å²) in [5.74, 6) is 0.226. The molecule has 1 aromatic heterocycles. The number of carbonyl (C=O) groups excluding carboxylic acids is 1. The Bertz CT molecular complexity index is 955. The van der Waals surface area contributed by atoms with Crippen molar-refractivity contribution < 1.29 is 9.18 Å². The molecule has 1 amide bonds. The van der Waals surface area contributed by atoms with E-state index in [0.717, 1.165) is 30.6 Å². The third-order valence-electron chi connectivity index (χ3n) is 5.14. The first-order valence-electron chi connectivity index (χ1n) is 9.09. The van der Waals surface area contributed by atoms with Crippen LogP contribution in [-0.2, 0) is 6.42 Å². The number of aromatic nitrogens is 3. The van der Waals surface area contributed by atoms with E-state index in [1.54, 1.807) is 30.2 Å². The summed E-state index contributed by atoms with van der Waals surface area (Å²) in [6.07, 6.45) is 4.94. The molecule has 0 aliphatic carbocycles. The van der Waals surface area contributed by atoms with Crippen molar-refractivity contribution in [2.24, 2.45) is 5.92 Å². The first kappa shape index (κ1) is 17.4. The molecule has 0 spiro atoms. The van der Waals surface area contributed by atoms with Gasteiger partial charge in [-0.25, -0.2) is 4.39 Å². The highest BCUT2D eigenvalue weighted by molar-refractivity contribution is 5.95. The Kier molecular flexibility index (Phi) is 4.71. The Balaban J connectivity index is 1.43. The lowest BCUT2D eigenvalue weighted by atomic mass is 9.98. The summed E-state index contributed by atoms with van der Waals surface area (Å²) in [7, 11) is 0. The minimum Gasteiger partial charge on any atom is -0.338 e. The van der Waals surface area contributed by atoms with Gasteiger partial charge in [0.1, 0.15) is 18.5 Å². The van der Waals surface area contributed by atoms with Crippen molar-refractivity contribution in [2.75, 3.05) is 13.1 Å². The van der Waals surface area contributed by atoms with Crippen LogP contribution < -0.4 is 0 Å². The zero-order chi connectivity index (χ0) is 18.8. The molecule has 0 bridgehead atoms. The fourth-order valence-electron chi connectivity index (χ4n) is 3.60. The van der Waals surface area contributed by atoms with Gasteiger partial charge >= 0.3 is 0 Å². The molecule has 1 aliphatic heterocycles. The summed E-state index contributed by atoms with van der Waals surface area (Å²) < 4.78 is 15.5. The molecule has 2 aromatic carbocycles. The maximum Gasteiger partial charge on any atom is 0.253 e. The van der Waals surface area contributed by atoms with E-state index in [2.05, 4.69) is 10.2 Å². The second-order valence-corrected chi connectivity index (χ2v) is 7.11. The Morgan fingerprint density at radius 3 is 2.78 bits per heavy atom. The van der Waals surface area contributed by atoms with Crippen LogP contribution in [0.3, 0.4) is 0 Å². The lowest BCUT2D eigenvalue weighted by Gasteiger charge is -2.17. The van der Waals surface area contributed by atoms with E-state index < -0.39 is 0 Å². The highest BCUT2D eigenvalue weighted by Crippen LogP contribution is 2.24. The number of halogens is 1. The molecule has 1 aliphatic rings. The number of aryl methyl sites for hydroxylation is 1. The zero-order valence-corrected chi connectivity index (χ0v) is 15.2. The van der Waals surface area contributed by atoms with Crippen molar-refractivity contribution in [3.8, 4) is 5.69 Å². The predicted octanol–water partition coefficient (Wildman–Crippen LogP) is 3.42. The molecule has 5 nitrogen and oxygen atoms in total. The van der Waals surface area contributed by atoms with Crippen molar-refractivity contribution in [1.29, 1.82) is 0 Å². The minimum atomic E-state index is -0.163. The van der Waals surface area contributed by atoms with Gasteiger partial charge in [0, 0.05) is 24.3 Å². The van der Waals surface area contributed by atoms with Crippen LogP contribution in [0.5, 0.6) is 0 Å². The third-order valence-corrected chi connectivity index (χ3v) is 5.14. The number of rotatable bonds is 4. The Hall–Kier alpha value is -3.02. The number of amides is 1. The van der Waals surface area contributed by atoms with E-state index in [1.807, 2.05) is 41.3 Å². The molecule has 0 saturated carbocycles. The second kappa shape index (κ2) is 7.31. The number of hydrogen-bond acceptors (Lipinski definition) is 3. The van der Waals surface area contributed by atoms with Crippen LogP contribution in [0.1, 0.15) is 27.9 Å². The standard InChI is InChI=1S/C21H21FN4O/c1-15-5-6-16(10-20(15)22)9-17-7-8-25(12-17)21(27)18-3-2-4-19(11-18)26-13-23-24-14-26/h2-6,10-11,13-14,17H,7-9,12H2,1H3. The molecule has 1 atom stereocenters. The molecule has 1 unspecified atom stereocenters. The molecule has 27 heavy (non-hydrogen) atoms. The zero-order valence-electron chi connectivity index (χ0n) is 15.2. The summed E-state index contributed by atoms with van der Waals surface area (Å²) in [4.78, 5) is 14.8. The van der Waals surface area contributed by atoms with Crippen LogP contribution >= 0.6 is 0 Å². The van der Waals surface area contributed by atoms with Crippen LogP contribution in [0.25, 0.3) is 5.69 Å². The van der Waals surface area contributed by atoms with Gasteiger partial charge in [0.2, 0.25) is 0 Å². The molecule has 2 heterocycles. The summed E-state index contributed by atoms with van der Waals surface area (Å²) in [6.45, 7) is 3.20. The average Bonchev–Trinajstić information content (AvgIpc) is 3.36. The first-order valence-corrected chi connectivity index (χ1v) is 9.09. The van der Waals surface area contributed by atoms with Gasteiger partial charge < -0.3 is 4.90 Å². The number of carbonyl (C=O) groups is 1. The lowest BCUT2D eigenvalue weighted by molar-refractivity contribution is 0.0787. The topological polar surface area (TPSA) is 51.0 Å². The van der Waals surface area contributed by atoms with Gasteiger partial charge in [-0.15, -0.1) is 10.2 Å². The molecular formula is C21H21FN4O. The van der Waals surface area contributed by atoms with Crippen LogP contribution in [0.4, 0.5) is 4.39 Å². The highest BCUT2D eigenvalue weighted by atomic mass is 19.1. The van der Waals surface area contributed by atoms with Crippen LogP contribution in [0.15, 0.2) is 55.1 Å². The second-order valence-electron chi connectivity index (χ2n) is 7.11. The van der Waals surface area contributed by atoms with E-state index in [-0.39, 0.29) is 11.7 Å². The van der Waals surface area contributed by atoms with Gasteiger partial charge in [-0.3, -0.25) is 9.36 Å². The Morgan fingerprint density at radius 2 is 2.00 bits per heavy atom. The van der Waals surface area contributed by atoms with Crippen molar-refractivity contribution in [3.05, 3.63) is 77.6 Å². The van der Waals surface area contributed by atoms with Crippen molar-refractivity contribution in [2.45, 2.75) is 19.8 Å². The molecule has 138 valence electrons. The fourth-order valence-corrected chi connectivity index (χ4v) is 3.60. The van der Waals surface area contributed by atoms with Gasteiger partial charge in [0.25, 0.3) is 5.91 Å². The lowest BCUT2D eigenvalue weighted by Crippen LogP contribution is -2.29. The highest BCUT2D eigenvalue weighted by Gasteiger charge is 2.27. The van der Waals surface area contributed by atoms with Crippen molar-refractivity contribution in [1.82, 2.24) is 19.7 Å². The smallest absolute Gasteiger partial charge is 0.253 e. The van der Waals surface area contributed by atoms with Gasteiger partial charge in [-0.2, -0.15) is 0 Å². The monoisotopic (exact) mass is 364 g/mol. The maximum absolute atomic E-state index is 13.8. The largest absolute Gasteiger partial charge is 0.338 e. The third kappa shape index (κ3) is 3.74. The Labute approximate surface area is 157 Å². The van der Waals surface area contributed by atoms with E-state index >= 15 is 0 Å². The van der Waals surface area contributed by atoms with Crippen LogP contribution in [0, 0.1) is 18.7 Å². The summed E-state index contributed by atoms with van der Waals surface area (Å²) in [5, 5.41) is 7.61. The van der Waals surface area contributed by atoms with E-state index in [0.29, 0.717) is 23.6 Å². The van der Waals surface area contributed by atoms with Crippen LogP contribution in [-0.4, -0.2) is 38.7 Å². The quantitative estimate of drug-likeness (QED) is 0.713. The summed E-state index contributed by atoms with van der Waals surface area (Å²) >= 11 is 0. The van der Waals surface area contributed by atoms with E-state index in [1.165, 1.54) is 0 Å². The number of nitrogens with zero attached hydrogens (tertiary/aromatic N) is 4. The molecule has 3 aromatic rings. The fraction of sp³-hybridized carbons (Fsp3) is 0.286. The molecule has 4 rings (SSSR count). The van der Waals surface area contributed by atoms with E-state index in [9.17, 15) is 9.18 Å². The van der Waals surface area contributed by atoms with Crippen molar-refractivity contribution >= 4 is 5.91 Å². The predicted molar refractivity (Wildman–Crippen MR) is 100 cm³/mol. The summed E-state index contributed by atoms with van der Waals surface area (Å²) in [5.41, 5.74) is 3.17.